The highest BCUT2D eigenvalue weighted by atomic mass is 15.5. The Hall–Kier alpha value is -5.02. The first-order valence-electron chi connectivity index (χ1n) is 14.7. The predicted molar refractivity (Wildman–Crippen MR) is 166 cm³/mol. The van der Waals surface area contributed by atoms with Crippen molar-refractivity contribution in [1.29, 1.82) is 10.5 Å². The predicted octanol–water partition coefficient (Wildman–Crippen LogP) is 6.59. The molecule has 3 aliphatic carbocycles. The van der Waals surface area contributed by atoms with Crippen molar-refractivity contribution in [3.63, 3.8) is 0 Å². The number of nitrogens with zero attached hydrogens (tertiary/aromatic N) is 7. The molecular weight excluding hydrogens is 534 g/mol. The van der Waals surface area contributed by atoms with Gasteiger partial charge in [0.25, 0.3) is 0 Å². The molecule has 0 aliphatic heterocycles. The molecule has 8 rings (SSSR count). The lowest BCUT2D eigenvalue weighted by Crippen LogP contribution is -2.59. The highest BCUT2D eigenvalue weighted by Gasteiger charge is 2.58. The van der Waals surface area contributed by atoms with Gasteiger partial charge in [0.1, 0.15) is 17.8 Å². The number of fused-ring (bicyclic) bond motifs is 2. The minimum Gasteiger partial charge on any atom is -0.383 e. The Morgan fingerprint density at radius 1 is 1.05 bits per heavy atom. The Labute approximate surface area is 250 Å². The molecule has 3 aliphatic rings. The van der Waals surface area contributed by atoms with E-state index in [4.69, 9.17) is 4.98 Å². The van der Waals surface area contributed by atoms with Crippen molar-refractivity contribution in [2.45, 2.75) is 58.5 Å². The van der Waals surface area contributed by atoms with Crippen molar-refractivity contribution < 1.29 is 0 Å². The molecule has 0 radical (unpaired) electrons. The molecule has 214 valence electrons. The van der Waals surface area contributed by atoms with E-state index in [2.05, 4.69) is 81.9 Å². The molecule has 43 heavy (non-hydrogen) atoms. The normalized spacial score (nSPS) is 19.6. The monoisotopic (exact) mass is 567 g/mol. The highest BCUT2D eigenvalue weighted by Crippen LogP contribution is 2.62. The van der Waals surface area contributed by atoms with E-state index in [0.717, 1.165) is 44.8 Å². The molecule has 2 bridgehead atoms. The van der Waals surface area contributed by atoms with Gasteiger partial charge in [-0.2, -0.15) is 10.5 Å². The van der Waals surface area contributed by atoms with Crippen LogP contribution in [0.2, 0.25) is 0 Å². The van der Waals surface area contributed by atoms with Crippen LogP contribution in [0.25, 0.3) is 21.8 Å². The lowest BCUT2D eigenvalue weighted by molar-refractivity contribution is -0.0989. The van der Waals surface area contributed by atoms with E-state index in [1.807, 2.05) is 37.3 Å². The summed E-state index contributed by atoms with van der Waals surface area (Å²) in [6.07, 6.45) is 7.12. The van der Waals surface area contributed by atoms with Crippen LogP contribution in [0.4, 0.5) is 11.4 Å². The van der Waals surface area contributed by atoms with Crippen molar-refractivity contribution in [1.82, 2.24) is 25.0 Å². The first-order valence-corrected chi connectivity index (χ1v) is 14.7. The number of pyridine rings is 2. The standard InChI is InChI=1S/C34H33N9/c1-20-8-9-25-26(6-5-7-28(25)39-20)32(29-18-43(42-41-29)34-12-21(13-34)14-34)40-24-10-22(15-35)30-27(11-24)31(23(16-36)17-37-30)38-19-33(2,3)4/h5-11,17-18,21,32,40H,12-14,19H2,1-4H3,(H,37,38). The second kappa shape index (κ2) is 9.78. The summed E-state index contributed by atoms with van der Waals surface area (Å²) >= 11 is 0. The summed E-state index contributed by atoms with van der Waals surface area (Å²) < 4.78 is 2.06. The fraction of sp³-hybridized carbons (Fsp3) is 0.353. The molecule has 3 saturated carbocycles. The van der Waals surface area contributed by atoms with Gasteiger partial charge in [-0.1, -0.05) is 44.2 Å². The van der Waals surface area contributed by atoms with Gasteiger partial charge in [0.05, 0.1) is 45.6 Å². The van der Waals surface area contributed by atoms with Crippen LogP contribution in [0.1, 0.15) is 74.2 Å². The average Bonchev–Trinajstić information content (AvgIpc) is 3.40. The van der Waals surface area contributed by atoms with Gasteiger partial charge in [0, 0.05) is 34.9 Å². The van der Waals surface area contributed by atoms with Crippen LogP contribution in [0.3, 0.4) is 0 Å². The number of aromatic nitrogens is 5. The van der Waals surface area contributed by atoms with Gasteiger partial charge in [-0.25, -0.2) is 4.68 Å². The maximum Gasteiger partial charge on any atom is 0.110 e. The van der Waals surface area contributed by atoms with Gasteiger partial charge in [-0.15, -0.1) is 5.10 Å². The van der Waals surface area contributed by atoms with E-state index in [-0.39, 0.29) is 17.0 Å². The van der Waals surface area contributed by atoms with Gasteiger partial charge >= 0.3 is 0 Å². The molecule has 1 unspecified atom stereocenters. The van der Waals surface area contributed by atoms with Gasteiger partial charge in [-0.3, -0.25) is 9.97 Å². The topological polar surface area (TPSA) is 128 Å². The largest absolute Gasteiger partial charge is 0.383 e. The Morgan fingerprint density at radius 3 is 2.53 bits per heavy atom. The lowest BCUT2D eigenvalue weighted by atomic mass is 9.50. The molecule has 0 saturated heterocycles. The average molecular weight is 568 g/mol. The third-order valence-corrected chi connectivity index (χ3v) is 8.83. The van der Waals surface area contributed by atoms with Crippen molar-refractivity contribution in [3.05, 3.63) is 82.9 Å². The van der Waals surface area contributed by atoms with E-state index in [1.54, 1.807) is 6.20 Å². The number of aryl methyl sites for hydroxylation is 1. The molecular formula is C34H33N9. The summed E-state index contributed by atoms with van der Waals surface area (Å²) in [6, 6.07) is 18.3. The maximum atomic E-state index is 10.2. The number of nitrogens with one attached hydrogen (secondary N) is 2. The summed E-state index contributed by atoms with van der Waals surface area (Å²) in [6.45, 7) is 9.04. The fourth-order valence-corrected chi connectivity index (χ4v) is 6.46. The molecule has 2 N–H and O–H groups in total. The summed E-state index contributed by atoms with van der Waals surface area (Å²) in [5.41, 5.74) is 6.59. The Balaban J connectivity index is 1.37. The summed E-state index contributed by atoms with van der Waals surface area (Å²) in [5.74, 6) is 0.823. The van der Waals surface area contributed by atoms with Crippen LogP contribution in [-0.4, -0.2) is 31.5 Å². The third-order valence-electron chi connectivity index (χ3n) is 8.83. The van der Waals surface area contributed by atoms with Crippen molar-refractivity contribution in [3.8, 4) is 12.1 Å². The quantitative estimate of drug-likeness (QED) is 0.225. The highest BCUT2D eigenvalue weighted by molar-refractivity contribution is 5.99. The third kappa shape index (κ3) is 4.62. The number of nitriles is 2. The van der Waals surface area contributed by atoms with E-state index in [0.29, 0.717) is 28.9 Å². The minimum atomic E-state index is -0.364. The molecule has 5 aromatic rings. The number of anilines is 2. The number of hydrogen-bond acceptors (Lipinski definition) is 8. The zero-order valence-corrected chi connectivity index (χ0v) is 24.8. The summed E-state index contributed by atoms with van der Waals surface area (Å²) in [4.78, 5) is 9.29. The van der Waals surface area contributed by atoms with E-state index in [9.17, 15) is 10.5 Å². The second-order valence-electron chi connectivity index (χ2n) is 13.3. The molecule has 3 fully saturated rings. The summed E-state index contributed by atoms with van der Waals surface area (Å²) in [7, 11) is 0. The molecule has 3 heterocycles. The lowest BCUT2D eigenvalue weighted by Gasteiger charge is -2.61. The van der Waals surface area contributed by atoms with Gasteiger partial charge in [0.2, 0.25) is 0 Å². The smallest absolute Gasteiger partial charge is 0.110 e. The van der Waals surface area contributed by atoms with Crippen LogP contribution >= 0.6 is 0 Å². The fourth-order valence-electron chi connectivity index (χ4n) is 6.46. The first kappa shape index (κ1) is 26.9. The SMILES string of the molecule is Cc1ccc2c(C(Nc3cc(C#N)c4ncc(C#N)c(NCC(C)(C)C)c4c3)c3cn(C45CC(C4)C5)nn3)cccc2n1. The van der Waals surface area contributed by atoms with E-state index in [1.165, 1.54) is 19.3 Å². The van der Waals surface area contributed by atoms with Crippen molar-refractivity contribution in [2.24, 2.45) is 11.3 Å². The number of hydrogen-bond donors (Lipinski definition) is 2. The van der Waals surface area contributed by atoms with Crippen LogP contribution in [0.5, 0.6) is 0 Å². The van der Waals surface area contributed by atoms with E-state index >= 15 is 0 Å². The number of benzene rings is 2. The Bertz CT molecular complexity index is 1970. The molecule has 9 heteroatoms. The van der Waals surface area contributed by atoms with Crippen molar-refractivity contribution >= 4 is 33.2 Å². The van der Waals surface area contributed by atoms with E-state index < -0.39 is 0 Å². The zero-order chi connectivity index (χ0) is 29.9. The molecule has 0 amide bonds. The molecule has 0 spiro atoms. The molecule has 2 aromatic carbocycles. The maximum absolute atomic E-state index is 10.2. The van der Waals surface area contributed by atoms with Crippen LogP contribution in [-0.2, 0) is 5.54 Å². The Morgan fingerprint density at radius 2 is 1.84 bits per heavy atom. The summed E-state index contributed by atoms with van der Waals surface area (Å²) in [5, 5.41) is 38.3. The van der Waals surface area contributed by atoms with Gasteiger partial charge in [-0.05, 0) is 67.3 Å². The molecule has 9 nitrogen and oxygen atoms in total. The van der Waals surface area contributed by atoms with Crippen LogP contribution < -0.4 is 10.6 Å². The second-order valence-corrected chi connectivity index (χ2v) is 13.3. The molecule has 1 atom stereocenters. The minimum absolute atomic E-state index is 0.0195. The zero-order valence-electron chi connectivity index (χ0n) is 24.8. The molecule has 3 aromatic heterocycles. The van der Waals surface area contributed by atoms with Gasteiger partial charge < -0.3 is 10.6 Å². The Kier molecular flexibility index (Phi) is 6.10. The van der Waals surface area contributed by atoms with Gasteiger partial charge in [0.15, 0.2) is 0 Å². The van der Waals surface area contributed by atoms with Crippen LogP contribution in [0.15, 0.2) is 54.9 Å². The number of rotatable bonds is 7. The van der Waals surface area contributed by atoms with Crippen LogP contribution in [0, 0.1) is 40.9 Å². The van der Waals surface area contributed by atoms with Crippen molar-refractivity contribution in [2.75, 3.05) is 17.2 Å². The first-order chi connectivity index (χ1) is 20.7.